The molecule has 0 radical (unpaired) electrons. The fourth-order valence-corrected chi connectivity index (χ4v) is 4.47. The predicted octanol–water partition coefficient (Wildman–Crippen LogP) is 2.11. The van der Waals surface area contributed by atoms with Crippen molar-refractivity contribution >= 4 is 11.8 Å². The van der Waals surface area contributed by atoms with Crippen LogP contribution in [0.15, 0.2) is 23.3 Å². The van der Waals surface area contributed by atoms with Gasteiger partial charge in [-0.05, 0) is 38.3 Å². The topological polar surface area (TPSA) is 74.2 Å². The van der Waals surface area contributed by atoms with Gasteiger partial charge in [-0.15, -0.1) is 0 Å². The molecule has 2 N–H and O–H groups in total. The Kier molecular flexibility index (Phi) is 9.56. The van der Waals surface area contributed by atoms with E-state index >= 15 is 0 Å². The molecule has 180 valence electrons. The molecule has 3 rings (SSSR count). The van der Waals surface area contributed by atoms with Gasteiger partial charge in [0.25, 0.3) is 0 Å². The molecule has 2 fully saturated rings. The molecule has 1 aromatic heterocycles. The summed E-state index contributed by atoms with van der Waals surface area (Å²) >= 11 is 0. The smallest absolute Gasteiger partial charge is 0.191 e. The van der Waals surface area contributed by atoms with E-state index in [1.807, 2.05) is 6.20 Å². The number of pyridine rings is 1. The lowest BCUT2D eigenvalue weighted by molar-refractivity contribution is -0.00546. The number of anilines is 1. The van der Waals surface area contributed by atoms with Crippen molar-refractivity contribution in [1.29, 1.82) is 0 Å². The third-order valence-corrected chi connectivity index (χ3v) is 6.08. The average molecular weight is 447 g/mol. The minimum Gasteiger partial charge on any atom is -0.379 e. The first-order valence-electron chi connectivity index (χ1n) is 12.2. The Labute approximate surface area is 193 Å². The number of aliphatic imine (C=N–C) groups is 1. The van der Waals surface area contributed by atoms with E-state index in [2.05, 4.69) is 67.2 Å². The zero-order chi connectivity index (χ0) is 22.9. The number of nitrogens with one attached hydrogen (secondary N) is 2. The zero-order valence-corrected chi connectivity index (χ0v) is 20.5. The number of ether oxygens (including phenoxy) is 2. The number of nitrogens with zero attached hydrogens (tertiary/aromatic N) is 4. The van der Waals surface area contributed by atoms with E-state index in [4.69, 9.17) is 19.5 Å². The summed E-state index contributed by atoms with van der Waals surface area (Å²) in [6.07, 6.45) is 2.40. The van der Waals surface area contributed by atoms with Crippen LogP contribution in [0.3, 0.4) is 0 Å². The molecule has 8 heteroatoms. The van der Waals surface area contributed by atoms with Crippen molar-refractivity contribution in [3.05, 3.63) is 23.9 Å². The van der Waals surface area contributed by atoms with Crippen molar-refractivity contribution in [3.63, 3.8) is 0 Å². The van der Waals surface area contributed by atoms with E-state index in [9.17, 15) is 0 Å². The van der Waals surface area contributed by atoms with E-state index < -0.39 is 0 Å². The maximum absolute atomic E-state index is 5.83. The lowest BCUT2D eigenvalue weighted by atomic mass is 10.0. The van der Waals surface area contributed by atoms with Gasteiger partial charge >= 0.3 is 0 Å². The van der Waals surface area contributed by atoms with Crippen LogP contribution in [0.25, 0.3) is 0 Å². The summed E-state index contributed by atoms with van der Waals surface area (Å²) in [5.74, 6) is 2.42. The van der Waals surface area contributed by atoms with Crippen molar-refractivity contribution < 1.29 is 9.47 Å². The van der Waals surface area contributed by atoms with Crippen LogP contribution in [0.1, 0.15) is 40.2 Å². The normalized spacial score (nSPS) is 23.9. The summed E-state index contributed by atoms with van der Waals surface area (Å²) in [5.41, 5.74) is 1.11. The summed E-state index contributed by atoms with van der Waals surface area (Å²) in [6, 6.07) is 4.69. The highest BCUT2D eigenvalue weighted by atomic mass is 16.5. The van der Waals surface area contributed by atoms with E-state index in [-0.39, 0.29) is 12.2 Å². The van der Waals surface area contributed by atoms with Crippen LogP contribution in [-0.4, -0.2) is 86.6 Å². The second-order valence-corrected chi connectivity index (χ2v) is 9.22. The first kappa shape index (κ1) is 24.7. The Morgan fingerprint density at radius 3 is 2.47 bits per heavy atom. The standard InChI is InChI=1S/C24H42N6O2/c1-6-25-24(28-15-22(18(2)3)29-9-11-31-12-10-29)27-14-21-7-8-23(26-13-21)30-16-19(4)32-20(5)17-30/h7-8,13,18-20,22H,6,9-12,14-17H2,1-5H3,(H2,25,27,28). The van der Waals surface area contributed by atoms with Gasteiger partial charge in [-0.1, -0.05) is 19.9 Å². The van der Waals surface area contributed by atoms with E-state index in [1.165, 1.54) is 0 Å². The van der Waals surface area contributed by atoms with Gasteiger partial charge in [0, 0.05) is 51.5 Å². The molecule has 0 amide bonds. The Morgan fingerprint density at radius 2 is 1.88 bits per heavy atom. The lowest BCUT2D eigenvalue weighted by Gasteiger charge is -2.37. The van der Waals surface area contributed by atoms with Crippen molar-refractivity contribution in [2.45, 2.75) is 59.4 Å². The first-order valence-corrected chi connectivity index (χ1v) is 12.2. The first-order chi connectivity index (χ1) is 15.5. The number of aromatic nitrogens is 1. The quantitative estimate of drug-likeness (QED) is 0.468. The van der Waals surface area contributed by atoms with Crippen molar-refractivity contribution in [2.24, 2.45) is 10.9 Å². The molecule has 3 atom stereocenters. The van der Waals surface area contributed by atoms with E-state index in [0.29, 0.717) is 18.5 Å². The Hall–Kier alpha value is -1.90. The van der Waals surface area contributed by atoms with Crippen molar-refractivity contribution in [1.82, 2.24) is 20.5 Å². The number of morpholine rings is 2. The molecule has 3 heterocycles. The summed E-state index contributed by atoms with van der Waals surface area (Å²) in [7, 11) is 0. The van der Waals surface area contributed by atoms with Crippen LogP contribution in [0, 0.1) is 5.92 Å². The van der Waals surface area contributed by atoms with Crippen molar-refractivity contribution in [2.75, 3.05) is 57.4 Å². The number of hydrogen-bond acceptors (Lipinski definition) is 6. The molecule has 3 unspecified atom stereocenters. The molecule has 0 saturated carbocycles. The fourth-order valence-electron chi connectivity index (χ4n) is 4.47. The summed E-state index contributed by atoms with van der Waals surface area (Å²) in [6.45, 7) is 18.6. The van der Waals surface area contributed by atoms with Crippen LogP contribution in [0.4, 0.5) is 5.82 Å². The minimum absolute atomic E-state index is 0.228. The summed E-state index contributed by atoms with van der Waals surface area (Å²) in [5, 5.41) is 6.93. The van der Waals surface area contributed by atoms with Crippen LogP contribution >= 0.6 is 0 Å². The van der Waals surface area contributed by atoms with Crippen LogP contribution < -0.4 is 15.5 Å². The SMILES string of the molecule is CCNC(=NCc1ccc(N2CC(C)OC(C)C2)nc1)NCC(C(C)C)N1CCOCC1. The second kappa shape index (κ2) is 12.4. The van der Waals surface area contributed by atoms with E-state index in [1.54, 1.807) is 0 Å². The Bertz CT molecular complexity index is 695. The second-order valence-electron chi connectivity index (χ2n) is 9.22. The average Bonchev–Trinajstić information content (AvgIpc) is 2.78. The Balaban J connectivity index is 1.56. The number of guanidine groups is 1. The molecule has 2 aliphatic heterocycles. The monoisotopic (exact) mass is 446 g/mol. The Morgan fingerprint density at radius 1 is 1.16 bits per heavy atom. The van der Waals surface area contributed by atoms with Crippen LogP contribution in [-0.2, 0) is 16.0 Å². The van der Waals surface area contributed by atoms with Gasteiger partial charge < -0.3 is 25.0 Å². The maximum atomic E-state index is 5.83. The van der Waals surface area contributed by atoms with Crippen LogP contribution in [0.2, 0.25) is 0 Å². The largest absolute Gasteiger partial charge is 0.379 e. The van der Waals surface area contributed by atoms with Crippen LogP contribution in [0.5, 0.6) is 0 Å². The molecule has 0 aromatic carbocycles. The number of hydrogen-bond donors (Lipinski definition) is 2. The van der Waals surface area contributed by atoms with Gasteiger partial charge in [0.1, 0.15) is 5.82 Å². The van der Waals surface area contributed by atoms with E-state index in [0.717, 1.165) is 69.8 Å². The van der Waals surface area contributed by atoms with Gasteiger partial charge in [-0.25, -0.2) is 9.98 Å². The van der Waals surface area contributed by atoms with Gasteiger partial charge in [0.05, 0.1) is 32.0 Å². The molecule has 0 spiro atoms. The molecule has 2 aliphatic rings. The van der Waals surface area contributed by atoms with Gasteiger partial charge in [0.15, 0.2) is 5.96 Å². The molecule has 0 aliphatic carbocycles. The van der Waals surface area contributed by atoms with Crippen molar-refractivity contribution in [3.8, 4) is 0 Å². The molecular formula is C24H42N6O2. The van der Waals surface area contributed by atoms with Gasteiger partial charge in [-0.3, -0.25) is 4.90 Å². The fraction of sp³-hybridized carbons (Fsp3) is 0.750. The lowest BCUT2D eigenvalue weighted by Crippen LogP contribution is -2.52. The molecule has 0 bridgehead atoms. The minimum atomic E-state index is 0.228. The molecule has 2 saturated heterocycles. The van der Waals surface area contributed by atoms with Gasteiger partial charge in [0.2, 0.25) is 0 Å². The third-order valence-electron chi connectivity index (χ3n) is 6.08. The molecular weight excluding hydrogens is 404 g/mol. The highest BCUT2D eigenvalue weighted by molar-refractivity contribution is 5.79. The highest BCUT2D eigenvalue weighted by Gasteiger charge is 2.24. The third kappa shape index (κ3) is 7.32. The maximum Gasteiger partial charge on any atom is 0.191 e. The summed E-state index contributed by atoms with van der Waals surface area (Å²) in [4.78, 5) is 14.3. The summed E-state index contributed by atoms with van der Waals surface area (Å²) < 4.78 is 11.4. The molecule has 1 aromatic rings. The molecule has 8 nitrogen and oxygen atoms in total. The number of rotatable bonds is 8. The zero-order valence-electron chi connectivity index (χ0n) is 20.5. The highest BCUT2D eigenvalue weighted by Crippen LogP contribution is 2.18. The van der Waals surface area contributed by atoms with Gasteiger partial charge in [-0.2, -0.15) is 0 Å². The predicted molar refractivity (Wildman–Crippen MR) is 130 cm³/mol. The molecule has 32 heavy (non-hydrogen) atoms.